The van der Waals surface area contributed by atoms with Gasteiger partial charge in [0.1, 0.15) is 11.6 Å². The van der Waals surface area contributed by atoms with E-state index < -0.39 is 17.6 Å². The van der Waals surface area contributed by atoms with Crippen molar-refractivity contribution in [3.05, 3.63) is 82.2 Å². The average molecular weight is 477 g/mol. The molecule has 2 heterocycles. The van der Waals surface area contributed by atoms with Crippen LogP contribution in [0.15, 0.2) is 53.8 Å². The minimum absolute atomic E-state index is 0.00735. The predicted molar refractivity (Wildman–Crippen MR) is 131 cm³/mol. The minimum atomic E-state index is -1.02. The molecule has 0 saturated heterocycles. The van der Waals surface area contributed by atoms with Gasteiger partial charge < -0.3 is 20.1 Å². The van der Waals surface area contributed by atoms with Crippen LogP contribution in [0.5, 0.6) is 0 Å². The topological polar surface area (TPSA) is 108 Å². The molecule has 8 nitrogen and oxygen atoms in total. The van der Waals surface area contributed by atoms with Crippen molar-refractivity contribution in [1.29, 1.82) is 0 Å². The fourth-order valence-electron chi connectivity index (χ4n) is 5.04. The average Bonchev–Trinajstić information content (AvgIpc) is 3.14. The quantitative estimate of drug-likeness (QED) is 0.594. The molecule has 1 aromatic carbocycles. The molecule has 1 aliphatic heterocycles. The number of amides is 2. The predicted octanol–water partition coefficient (Wildman–Crippen LogP) is 3.48. The van der Waals surface area contributed by atoms with Gasteiger partial charge in [-0.15, -0.1) is 0 Å². The van der Waals surface area contributed by atoms with Crippen molar-refractivity contribution in [2.24, 2.45) is 5.73 Å². The highest BCUT2D eigenvalue weighted by atomic mass is 16.5. The Morgan fingerprint density at radius 2 is 1.94 bits per heavy atom. The number of ether oxygens (including phenoxy) is 2. The summed E-state index contributed by atoms with van der Waals surface area (Å²) in [5.74, 6) is 0.680. The first kappa shape index (κ1) is 24.6. The molecule has 0 saturated carbocycles. The molecule has 4 rings (SSSR count). The van der Waals surface area contributed by atoms with Gasteiger partial charge in [0.2, 0.25) is 5.91 Å². The molecule has 0 radical (unpaired) electrons. The second-order valence-electron chi connectivity index (χ2n) is 8.86. The molecule has 1 aromatic heterocycles. The van der Waals surface area contributed by atoms with E-state index in [-0.39, 0.29) is 12.3 Å². The van der Waals surface area contributed by atoms with Crippen molar-refractivity contribution in [2.45, 2.75) is 58.7 Å². The summed E-state index contributed by atoms with van der Waals surface area (Å²) in [6.07, 6.45) is 4.16. The van der Waals surface area contributed by atoms with Gasteiger partial charge in [0.25, 0.3) is 5.91 Å². The molecule has 2 N–H and O–H groups in total. The summed E-state index contributed by atoms with van der Waals surface area (Å²) < 4.78 is 12.5. The van der Waals surface area contributed by atoms with Crippen LogP contribution in [0.1, 0.15) is 59.8 Å². The summed E-state index contributed by atoms with van der Waals surface area (Å²) in [6, 6.07) is 8.90. The molecule has 0 spiro atoms. The zero-order valence-electron chi connectivity index (χ0n) is 20.7. The Morgan fingerprint density at radius 1 is 1.17 bits per heavy atom. The maximum atomic E-state index is 13.3. The number of carbonyl (C=O) groups excluding carboxylic acids is 2. The smallest absolute Gasteiger partial charge is 0.255 e. The number of aromatic nitrogens is 2. The van der Waals surface area contributed by atoms with E-state index in [0.29, 0.717) is 49.0 Å². The van der Waals surface area contributed by atoms with Crippen molar-refractivity contribution < 1.29 is 19.1 Å². The van der Waals surface area contributed by atoms with E-state index in [2.05, 4.69) is 4.98 Å². The van der Waals surface area contributed by atoms with Crippen LogP contribution in [-0.2, 0) is 26.4 Å². The lowest BCUT2D eigenvalue weighted by molar-refractivity contribution is -0.118. The highest BCUT2D eigenvalue weighted by Crippen LogP contribution is 2.44. The summed E-state index contributed by atoms with van der Waals surface area (Å²) in [5, 5.41) is 0. The Labute approximate surface area is 205 Å². The number of hydrogen-bond acceptors (Lipinski definition) is 6. The van der Waals surface area contributed by atoms with Gasteiger partial charge in [-0.1, -0.05) is 24.3 Å². The van der Waals surface area contributed by atoms with Crippen LogP contribution >= 0.6 is 0 Å². The van der Waals surface area contributed by atoms with E-state index in [4.69, 9.17) is 20.2 Å². The number of aryl methyl sites for hydroxylation is 2. The first-order valence-corrected chi connectivity index (χ1v) is 12.0. The molecular formula is C27H32N4O4. The molecule has 1 aliphatic carbocycles. The number of fused-ring (bicyclic) bond motifs is 1. The van der Waals surface area contributed by atoms with Gasteiger partial charge in [-0.3, -0.25) is 9.59 Å². The Morgan fingerprint density at radius 3 is 2.60 bits per heavy atom. The number of nitrogens with zero attached hydrogens (tertiary/aromatic N) is 3. The lowest BCUT2D eigenvalue weighted by Crippen LogP contribution is -2.44. The van der Waals surface area contributed by atoms with Gasteiger partial charge in [0.05, 0.1) is 24.8 Å². The monoisotopic (exact) mass is 476 g/mol. The summed E-state index contributed by atoms with van der Waals surface area (Å²) in [5.41, 5.74) is 8.61. The minimum Gasteiger partial charge on any atom is -0.495 e. The molecule has 2 aliphatic rings. The SMILES string of the molecule is CCOC1=CC=C(C(CC(N)=O)N2Cc3ccccc3C2=O)CC1(OCC)c1cc(C)nc(C)n1. The maximum absolute atomic E-state index is 13.3. The number of hydrogen-bond donors (Lipinski definition) is 1. The molecule has 8 heteroatoms. The Hall–Kier alpha value is -3.52. The van der Waals surface area contributed by atoms with Crippen molar-refractivity contribution in [3.8, 4) is 0 Å². The summed E-state index contributed by atoms with van der Waals surface area (Å²) in [7, 11) is 0. The van der Waals surface area contributed by atoms with E-state index >= 15 is 0 Å². The van der Waals surface area contributed by atoms with Crippen LogP contribution in [0.3, 0.4) is 0 Å². The largest absolute Gasteiger partial charge is 0.495 e. The molecule has 0 bridgehead atoms. The van der Waals surface area contributed by atoms with Crippen LogP contribution in [0.2, 0.25) is 0 Å². The summed E-state index contributed by atoms with van der Waals surface area (Å²) in [6.45, 7) is 8.88. The summed E-state index contributed by atoms with van der Waals surface area (Å²) >= 11 is 0. The van der Waals surface area contributed by atoms with Crippen molar-refractivity contribution in [3.63, 3.8) is 0 Å². The van der Waals surface area contributed by atoms with Gasteiger partial charge in [0, 0.05) is 30.8 Å². The fourth-order valence-corrected chi connectivity index (χ4v) is 5.04. The Kier molecular flexibility index (Phi) is 7.03. The summed E-state index contributed by atoms with van der Waals surface area (Å²) in [4.78, 5) is 36.4. The lowest BCUT2D eigenvalue weighted by atomic mass is 9.80. The van der Waals surface area contributed by atoms with E-state index in [0.717, 1.165) is 16.8 Å². The normalized spacial score (nSPS) is 20.2. The first-order chi connectivity index (χ1) is 16.8. The van der Waals surface area contributed by atoms with Crippen LogP contribution < -0.4 is 5.73 Å². The number of nitrogens with two attached hydrogens (primary N) is 1. The number of rotatable bonds is 9. The highest BCUT2D eigenvalue weighted by Gasteiger charge is 2.46. The van der Waals surface area contributed by atoms with Gasteiger partial charge in [-0.2, -0.15) is 0 Å². The van der Waals surface area contributed by atoms with Gasteiger partial charge in [-0.05, 0) is 57.0 Å². The van der Waals surface area contributed by atoms with Crippen molar-refractivity contribution in [1.82, 2.24) is 14.9 Å². The van der Waals surface area contributed by atoms with Crippen molar-refractivity contribution >= 4 is 11.8 Å². The number of allylic oxidation sites excluding steroid dienone is 2. The van der Waals surface area contributed by atoms with Gasteiger partial charge in [-0.25, -0.2) is 9.97 Å². The van der Waals surface area contributed by atoms with Crippen LogP contribution in [0.25, 0.3) is 0 Å². The van der Waals surface area contributed by atoms with Gasteiger partial charge >= 0.3 is 0 Å². The second-order valence-corrected chi connectivity index (χ2v) is 8.86. The molecule has 2 amide bonds. The second kappa shape index (κ2) is 10.00. The number of benzene rings is 1. The molecule has 0 fully saturated rings. The zero-order valence-corrected chi connectivity index (χ0v) is 20.7. The van der Waals surface area contributed by atoms with Gasteiger partial charge in [0.15, 0.2) is 5.60 Å². The number of carbonyl (C=O) groups is 2. The Bertz CT molecular complexity index is 1190. The van der Waals surface area contributed by atoms with Crippen molar-refractivity contribution in [2.75, 3.05) is 13.2 Å². The molecular weight excluding hydrogens is 444 g/mol. The zero-order chi connectivity index (χ0) is 25.2. The van der Waals surface area contributed by atoms with E-state index in [1.165, 1.54) is 0 Å². The highest BCUT2D eigenvalue weighted by molar-refractivity contribution is 5.99. The molecule has 2 unspecified atom stereocenters. The number of primary amides is 1. The fraction of sp³-hybridized carbons (Fsp3) is 0.407. The molecule has 184 valence electrons. The van der Waals surface area contributed by atoms with Crippen LogP contribution in [0.4, 0.5) is 0 Å². The maximum Gasteiger partial charge on any atom is 0.255 e. The molecule has 35 heavy (non-hydrogen) atoms. The van der Waals surface area contributed by atoms with Crippen LogP contribution in [0, 0.1) is 13.8 Å². The first-order valence-electron chi connectivity index (χ1n) is 12.0. The van der Waals surface area contributed by atoms with E-state index in [1.807, 2.05) is 70.2 Å². The van der Waals surface area contributed by atoms with E-state index in [1.54, 1.807) is 4.90 Å². The third-order valence-corrected chi connectivity index (χ3v) is 6.42. The standard InChI is InChI=1S/C27H32N4O4/c1-5-34-24-12-11-19(15-27(24,35-6-2)23-13-17(3)29-18(4)30-23)22(14-25(28)32)31-16-20-9-7-8-10-21(20)26(31)33/h7-13,22H,5-6,14-16H2,1-4H3,(H2,28,32). The van der Waals surface area contributed by atoms with E-state index in [9.17, 15) is 9.59 Å². The molecule has 2 atom stereocenters. The third-order valence-electron chi connectivity index (χ3n) is 6.42. The Balaban J connectivity index is 1.80. The van der Waals surface area contributed by atoms with Crippen LogP contribution in [-0.4, -0.2) is 45.9 Å². The third kappa shape index (κ3) is 4.71. The molecule has 2 aromatic rings. The lowest BCUT2D eigenvalue weighted by Gasteiger charge is -2.40.